The highest BCUT2D eigenvalue weighted by atomic mass is 16.3. The number of nitrogens with zero attached hydrogens (tertiary/aromatic N) is 2. The Morgan fingerprint density at radius 3 is 0.924 bits per heavy atom. The molecule has 0 spiro atoms. The highest BCUT2D eigenvalue weighted by Gasteiger charge is 2.25. The number of hydrogen-bond acceptors (Lipinski definition) is 4. The molecular weight excluding hydrogens is 1120 g/mol. The lowest BCUT2D eigenvalue weighted by Crippen LogP contribution is -2.14. The van der Waals surface area contributed by atoms with Gasteiger partial charge in [-0.3, -0.25) is 0 Å². The summed E-state index contributed by atoms with van der Waals surface area (Å²) in [7, 11) is 0. The number of anilines is 6. The quantitative estimate of drug-likeness (QED) is 0.115. The Balaban J connectivity index is 0.802. The third-order valence-corrected chi connectivity index (χ3v) is 18.4. The predicted octanol–water partition coefficient (Wildman–Crippen LogP) is 25.3. The molecule has 0 fully saturated rings. The Kier molecular flexibility index (Phi) is 14.1. The molecule has 16 rings (SSSR count). The van der Waals surface area contributed by atoms with Crippen molar-refractivity contribution in [2.45, 2.75) is 27.7 Å². The molecule has 0 bridgehead atoms. The Labute approximate surface area is 536 Å². The van der Waals surface area contributed by atoms with Gasteiger partial charge in [-0.15, -0.1) is 0 Å². The van der Waals surface area contributed by atoms with Crippen molar-refractivity contribution in [3.05, 3.63) is 338 Å². The van der Waals surface area contributed by atoms with Crippen LogP contribution in [0.15, 0.2) is 324 Å². The van der Waals surface area contributed by atoms with E-state index in [9.17, 15) is 0 Å². The van der Waals surface area contributed by atoms with E-state index in [0.717, 1.165) is 145 Å². The fourth-order valence-electron chi connectivity index (χ4n) is 13.7. The van der Waals surface area contributed by atoms with E-state index in [1.54, 1.807) is 0 Å². The first-order chi connectivity index (χ1) is 45.2. The van der Waals surface area contributed by atoms with Gasteiger partial charge in [0.15, 0.2) is 0 Å². The van der Waals surface area contributed by atoms with Gasteiger partial charge < -0.3 is 18.6 Å². The predicted molar refractivity (Wildman–Crippen MR) is 387 cm³/mol. The van der Waals surface area contributed by atoms with Gasteiger partial charge >= 0.3 is 0 Å². The van der Waals surface area contributed by atoms with Crippen molar-refractivity contribution in [1.29, 1.82) is 0 Å². The van der Waals surface area contributed by atoms with E-state index in [1.807, 2.05) is 24.3 Å². The number of aryl methyl sites for hydroxylation is 4. The zero-order valence-corrected chi connectivity index (χ0v) is 51.7. The minimum absolute atomic E-state index is 0.878. The third-order valence-electron chi connectivity index (χ3n) is 18.4. The molecule has 0 unspecified atom stereocenters. The van der Waals surface area contributed by atoms with Crippen molar-refractivity contribution >= 4 is 78.0 Å². The number of hydrogen-bond donors (Lipinski definition) is 0. The largest absolute Gasteiger partial charge is 0.456 e. The summed E-state index contributed by atoms with van der Waals surface area (Å²) in [5, 5.41) is 4.42. The van der Waals surface area contributed by atoms with Crippen LogP contribution < -0.4 is 9.80 Å². The van der Waals surface area contributed by atoms with Crippen LogP contribution in [0.3, 0.4) is 0 Å². The van der Waals surface area contributed by atoms with Crippen LogP contribution >= 0.6 is 0 Å². The highest BCUT2D eigenvalue weighted by molar-refractivity contribution is 6.08. The average molecular weight is 1180 g/mol. The molecule has 0 atom stereocenters. The zero-order chi connectivity index (χ0) is 61.8. The van der Waals surface area contributed by atoms with Crippen molar-refractivity contribution in [3.8, 4) is 77.9 Å². The molecule has 2 heterocycles. The summed E-state index contributed by atoms with van der Waals surface area (Å²) < 4.78 is 12.7. The van der Waals surface area contributed by atoms with Crippen molar-refractivity contribution in [1.82, 2.24) is 0 Å². The Hall–Kier alpha value is -11.7. The van der Waals surface area contributed by atoms with Gasteiger partial charge in [-0.2, -0.15) is 0 Å². The number of rotatable bonds is 13. The van der Waals surface area contributed by atoms with Crippen molar-refractivity contribution < 1.29 is 8.83 Å². The molecule has 2 aromatic heterocycles. The number of para-hydroxylation sites is 4. The molecule has 16 aromatic rings. The van der Waals surface area contributed by atoms with E-state index in [2.05, 4.69) is 329 Å². The summed E-state index contributed by atoms with van der Waals surface area (Å²) in [5.74, 6) is 0. The van der Waals surface area contributed by atoms with E-state index in [4.69, 9.17) is 8.83 Å². The molecule has 0 saturated carbocycles. The molecule has 0 N–H and O–H groups in total. The molecule has 4 nitrogen and oxygen atoms in total. The molecule has 0 saturated heterocycles. The van der Waals surface area contributed by atoms with Crippen LogP contribution in [0.2, 0.25) is 0 Å². The van der Waals surface area contributed by atoms with Gasteiger partial charge in [0.2, 0.25) is 0 Å². The van der Waals surface area contributed by atoms with Crippen LogP contribution in [0.1, 0.15) is 22.3 Å². The van der Waals surface area contributed by atoms with Crippen LogP contribution in [0.4, 0.5) is 34.1 Å². The smallest absolute Gasteiger partial charge is 0.135 e. The summed E-state index contributed by atoms with van der Waals surface area (Å²) in [6.07, 6.45) is 0. The lowest BCUT2D eigenvalue weighted by atomic mass is 9.94. The van der Waals surface area contributed by atoms with E-state index in [1.165, 1.54) is 33.4 Å². The molecule has 438 valence electrons. The Bertz CT molecular complexity index is 5100. The first kappa shape index (κ1) is 55.6. The van der Waals surface area contributed by atoms with Crippen molar-refractivity contribution in [2.24, 2.45) is 0 Å². The lowest BCUT2D eigenvalue weighted by molar-refractivity contribution is 0.668. The molecule has 0 radical (unpaired) electrons. The van der Waals surface area contributed by atoms with E-state index in [-0.39, 0.29) is 0 Å². The maximum atomic E-state index is 6.36. The summed E-state index contributed by atoms with van der Waals surface area (Å²) >= 11 is 0. The van der Waals surface area contributed by atoms with Crippen LogP contribution in [0, 0.1) is 27.7 Å². The van der Waals surface area contributed by atoms with E-state index in [0.29, 0.717) is 0 Å². The maximum Gasteiger partial charge on any atom is 0.135 e. The second-order valence-corrected chi connectivity index (χ2v) is 24.2. The molecule has 92 heavy (non-hydrogen) atoms. The van der Waals surface area contributed by atoms with Crippen molar-refractivity contribution in [3.63, 3.8) is 0 Å². The Morgan fingerprint density at radius 2 is 0.522 bits per heavy atom. The van der Waals surface area contributed by atoms with Crippen LogP contribution in [0.5, 0.6) is 0 Å². The van der Waals surface area contributed by atoms with Gasteiger partial charge in [0.25, 0.3) is 0 Å². The monoisotopic (exact) mass is 1180 g/mol. The van der Waals surface area contributed by atoms with Gasteiger partial charge in [-0.05, 0) is 214 Å². The summed E-state index contributed by atoms with van der Waals surface area (Å²) in [5.41, 5.74) is 31.0. The number of furan rings is 2. The minimum atomic E-state index is 0.878. The number of benzene rings is 14. The standard InChI is InChI=1S/C88H64N2O2/c1-57-19-15-31-75(71-41-49-85-79(55-71)77-29-11-13-33-83(77)91-85)87(57)89(73-43-35-63(36-44-73)67-27-17-25-65(53-67)61-21-7-5-8-22-61)81-47-39-69(51-59(81)3)70-40-48-82(60(4)52-70)90(74-45-37-64(38-46-74)68-28-18-26-66(54-68)62-23-9-6-10-24-62)88-58(2)20-16-32-76(88)72-42-50-86-80(56-72)78-30-12-14-34-84(78)92-86/h5-56H,1-4H3. The summed E-state index contributed by atoms with van der Waals surface area (Å²) in [4.78, 5) is 4.94. The van der Waals surface area contributed by atoms with Gasteiger partial charge in [-0.25, -0.2) is 0 Å². The summed E-state index contributed by atoms with van der Waals surface area (Å²) in [6, 6.07) is 114. The van der Waals surface area contributed by atoms with E-state index >= 15 is 0 Å². The zero-order valence-electron chi connectivity index (χ0n) is 51.7. The van der Waals surface area contributed by atoms with Gasteiger partial charge in [-0.1, -0.05) is 218 Å². The first-order valence-electron chi connectivity index (χ1n) is 31.6. The minimum Gasteiger partial charge on any atom is -0.456 e. The van der Waals surface area contributed by atoms with Crippen LogP contribution in [-0.4, -0.2) is 0 Å². The first-order valence-corrected chi connectivity index (χ1v) is 31.6. The maximum absolute atomic E-state index is 6.36. The fraction of sp³-hybridized carbons (Fsp3) is 0.0455. The van der Waals surface area contributed by atoms with Crippen LogP contribution in [0.25, 0.3) is 122 Å². The molecular formula is C88H64N2O2. The molecule has 0 amide bonds. The van der Waals surface area contributed by atoms with Crippen LogP contribution in [-0.2, 0) is 0 Å². The second kappa shape index (κ2) is 23.3. The topological polar surface area (TPSA) is 32.8 Å². The van der Waals surface area contributed by atoms with Gasteiger partial charge in [0.05, 0.1) is 11.4 Å². The lowest BCUT2D eigenvalue weighted by Gasteiger charge is -2.31. The summed E-state index contributed by atoms with van der Waals surface area (Å²) in [6.45, 7) is 8.98. The van der Waals surface area contributed by atoms with E-state index < -0.39 is 0 Å². The molecule has 0 aliphatic heterocycles. The van der Waals surface area contributed by atoms with Crippen molar-refractivity contribution in [2.75, 3.05) is 9.80 Å². The average Bonchev–Trinajstić information content (AvgIpc) is 1.12. The molecule has 14 aromatic carbocycles. The third kappa shape index (κ3) is 10.2. The van der Waals surface area contributed by atoms with Gasteiger partial charge in [0, 0.05) is 55.4 Å². The second-order valence-electron chi connectivity index (χ2n) is 24.2. The number of fused-ring (bicyclic) bond motifs is 6. The molecule has 4 heteroatoms. The fourth-order valence-corrected chi connectivity index (χ4v) is 13.7. The normalized spacial score (nSPS) is 11.5. The molecule has 0 aliphatic rings. The SMILES string of the molecule is Cc1cc(-c2ccc(N(c3ccc(-c4cccc(-c5ccccc5)c4)cc3)c3c(C)cccc3-c3ccc4oc5ccccc5c4c3)c(C)c2)ccc1N(c1ccc(-c2cccc(-c3ccccc3)c2)cc1)c1c(C)cccc1-c1ccc2oc3ccccc3c2c1. The highest BCUT2D eigenvalue weighted by Crippen LogP contribution is 2.49. The molecule has 0 aliphatic carbocycles. The Morgan fingerprint density at radius 1 is 0.207 bits per heavy atom. The van der Waals surface area contributed by atoms with Gasteiger partial charge in [0.1, 0.15) is 22.3 Å².